The Balaban J connectivity index is 2.44. The van der Waals surface area contributed by atoms with Crippen LogP contribution >= 0.6 is 0 Å². The molecule has 2 aliphatic rings. The lowest BCUT2D eigenvalue weighted by molar-refractivity contribution is -0.658. The Morgan fingerprint density at radius 1 is 1.08 bits per heavy atom. The molecule has 0 radical (unpaired) electrons. The highest BCUT2D eigenvalue weighted by Gasteiger charge is 2.25. The number of hydrogen-bond donors (Lipinski definition) is 2. The molecule has 2 N–H and O–H groups in total. The van der Waals surface area contributed by atoms with Crippen LogP contribution in [0.15, 0.2) is 28.7 Å². The Bertz CT molecular complexity index is 911. The fourth-order valence-electron chi connectivity index (χ4n) is 3.42. The third-order valence-electron chi connectivity index (χ3n) is 4.64. The summed E-state index contributed by atoms with van der Waals surface area (Å²) >= 11 is 0. The van der Waals surface area contributed by atoms with Crippen molar-refractivity contribution in [2.75, 3.05) is 11.9 Å². The van der Waals surface area contributed by atoms with Crippen molar-refractivity contribution in [1.82, 2.24) is 0 Å². The molecule has 0 unspecified atom stereocenters. The second kappa shape index (κ2) is 6.63. The summed E-state index contributed by atoms with van der Waals surface area (Å²) in [7, 11) is 0. The van der Waals surface area contributed by atoms with Crippen molar-refractivity contribution < 1.29 is 8.98 Å². The highest BCUT2D eigenvalue weighted by Crippen LogP contribution is 2.29. The number of aryl methyl sites for hydroxylation is 2. The number of aromatic nitrogens is 1. The van der Waals surface area contributed by atoms with Crippen molar-refractivity contribution in [3.8, 4) is 11.5 Å². The van der Waals surface area contributed by atoms with Crippen LogP contribution in [-0.2, 0) is 19.4 Å². The van der Waals surface area contributed by atoms with Gasteiger partial charge in [0.15, 0.2) is 5.58 Å². The van der Waals surface area contributed by atoms with Gasteiger partial charge in [-0.2, -0.15) is 4.57 Å². The van der Waals surface area contributed by atoms with Crippen molar-refractivity contribution >= 4 is 16.8 Å². The molecule has 0 saturated carbocycles. The lowest BCUT2D eigenvalue weighted by Gasteiger charge is -2.14. The zero-order valence-electron chi connectivity index (χ0n) is 15.0. The molecule has 24 heavy (non-hydrogen) atoms. The first-order chi connectivity index (χ1) is 11.6. The van der Waals surface area contributed by atoms with E-state index >= 15 is 0 Å². The second-order valence-electron chi connectivity index (χ2n) is 6.00. The smallest absolute Gasteiger partial charge is 0.250 e. The highest BCUT2D eigenvalue weighted by molar-refractivity contribution is 5.79. The highest BCUT2D eigenvalue weighted by atomic mass is 16.3. The third kappa shape index (κ3) is 2.56. The molecule has 1 aliphatic heterocycles. The molecule has 4 heteroatoms. The molecule has 0 amide bonds. The van der Waals surface area contributed by atoms with Crippen molar-refractivity contribution in [2.45, 2.75) is 47.1 Å². The summed E-state index contributed by atoms with van der Waals surface area (Å²) < 4.78 is 8.58. The quantitative estimate of drug-likeness (QED) is 0.553. The van der Waals surface area contributed by atoms with Crippen LogP contribution in [0, 0.1) is 5.41 Å². The van der Waals surface area contributed by atoms with E-state index in [9.17, 15) is 0 Å². The maximum Gasteiger partial charge on any atom is 0.250 e. The molecule has 1 heterocycles. The molecule has 126 valence electrons. The first-order valence-electron chi connectivity index (χ1n) is 8.88. The average Bonchev–Trinajstić information content (AvgIpc) is 2.59. The number of fused-ring (bicyclic) bond motifs is 2. The van der Waals surface area contributed by atoms with E-state index in [0.29, 0.717) is 5.36 Å². The SMILES string of the molecule is CCNc1cc2c(cc1CC)oc1c(CC)c(=N)ccc-1[n+]2CC. The van der Waals surface area contributed by atoms with E-state index in [2.05, 4.69) is 49.7 Å². The Morgan fingerprint density at radius 2 is 1.88 bits per heavy atom. The minimum atomic E-state index is 0.552. The van der Waals surface area contributed by atoms with Gasteiger partial charge in [-0.05, 0) is 44.4 Å². The lowest BCUT2D eigenvalue weighted by atomic mass is 10.0. The Labute approximate surface area is 143 Å². The molecule has 0 aromatic heterocycles. The van der Waals surface area contributed by atoms with Gasteiger partial charge in [0.05, 0.1) is 5.36 Å². The average molecular weight is 324 g/mol. The molecule has 0 bridgehead atoms. The van der Waals surface area contributed by atoms with E-state index < -0.39 is 0 Å². The maximum atomic E-state index is 8.18. The van der Waals surface area contributed by atoms with E-state index in [1.807, 2.05) is 12.1 Å². The molecule has 1 aromatic carbocycles. The van der Waals surface area contributed by atoms with Gasteiger partial charge in [-0.15, -0.1) is 0 Å². The molecule has 0 saturated heterocycles. The topological polar surface area (TPSA) is 52.9 Å². The Morgan fingerprint density at radius 3 is 2.50 bits per heavy atom. The number of rotatable bonds is 5. The summed E-state index contributed by atoms with van der Waals surface area (Å²) in [5.41, 5.74) is 6.46. The number of nitrogens with zero attached hydrogens (tertiary/aromatic N) is 1. The molecular weight excluding hydrogens is 298 g/mol. The van der Waals surface area contributed by atoms with Crippen molar-refractivity contribution in [1.29, 1.82) is 5.41 Å². The van der Waals surface area contributed by atoms with E-state index in [0.717, 1.165) is 54.0 Å². The third-order valence-corrected chi connectivity index (χ3v) is 4.64. The Kier molecular flexibility index (Phi) is 4.56. The number of anilines is 1. The monoisotopic (exact) mass is 324 g/mol. The van der Waals surface area contributed by atoms with E-state index in [1.165, 1.54) is 11.3 Å². The molecule has 4 nitrogen and oxygen atoms in total. The summed E-state index contributed by atoms with van der Waals surface area (Å²) in [6, 6.07) is 8.23. The van der Waals surface area contributed by atoms with Gasteiger partial charge in [-0.1, -0.05) is 13.8 Å². The van der Waals surface area contributed by atoms with Crippen LogP contribution in [0.3, 0.4) is 0 Å². The molecule has 0 spiro atoms. The molecule has 0 atom stereocenters. The lowest BCUT2D eigenvalue weighted by Crippen LogP contribution is -2.37. The van der Waals surface area contributed by atoms with Crippen LogP contribution in [0.4, 0.5) is 5.69 Å². The summed E-state index contributed by atoms with van der Waals surface area (Å²) in [6.45, 7) is 10.3. The maximum absolute atomic E-state index is 8.18. The number of hydrogen-bond acceptors (Lipinski definition) is 3. The minimum Gasteiger partial charge on any atom is -0.443 e. The summed E-state index contributed by atoms with van der Waals surface area (Å²) in [5.74, 6) is 0.845. The molecular formula is C20H26N3O+. The second-order valence-corrected chi connectivity index (χ2v) is 6.00. The van der Waals surface area contributed by atoms with Crippen LogP contribution in [0.1, 0.15) is 38.8 Å². The first-order valence-corrected chi connectivity index (χ1v) is 8.88. The molecule has 3 rings (SSSR count). The van der Waals surface area contributed by atoms with E-state index in [-0.39, 0.29) is 0 Å². The van der Waals surface area contributed by atoms with Gasteiger partial charge in [0.2, 0.25) is 11.5 Å². The van der Waals surface area contributed by atoms with Gasteiger partial charge in [-0.25, -0.2) is 0 Å². The first kappa shape index (κ1) is 16.5. The van der Waals surface area contributed by atoms with Gasteiger partial charge in [-0.3, -0.25) is 0 Å². The number of nitrogens with one attached hydrogen (secondary N) is 2. The van der Waals surface area contributed by atoms with Crippen LogP contribution in [0.5, 0.6) is 0 Å². The van der Waals surface area contributed by atoms with Crippen molar-refractivity contribution in [3.05, 3.63) is 40.7 Å². The normalized spacial score (nSPS) is 11.3. The van der Waals surface area contributed by atoms with Crippen LogP contribution in [0.25, 0.3) is 22.6 Å². The van der Waals surface area contributed by atoms with Crippen LogP contribution in [-0.4, -0.2) is 6.54 Å². The zero-order valence-corrected chi connectivity index (χ0v) is 15.0. The predicted molar refractivity (Wildman–Crippen MR) is 97.5 cm³/mol. The zero-order chi connectivity index (χ0) is 17.3. The van der Waals surface area contributed by atoms with Crippen molar-refractivity contribution in [3.63, 3.8) is 0 Å². The fourth-order valence-corrected chi connectivity index (χ4v) is 3.42. The molecule has 1 aromatic rings. The van der Waals surface area contributed by atoms with Gasteiger partial charge in [0.1, 0.15) is 6.54 Å². The van der Waals surface area contributed by atoms with Crippen LogP contribution < -0.4 is 15.2 Å². The van der Waals surface area contributed by atoms with Crippen LogP contribution in [0.2, 0.25) is 0 Å². The summed E-state index contributed by atoms with van der Waals surface area (Å²) in [5, 5.41) is 12.2. The van der Waals surface area contributed by atoms with E-state index in [4.69, 9.17) is 9.83 Å². The summed E-state index contributed by atoms with van der Waals surface area (Å²) in [4.78, 5) is 0. The Hall–Kier alpha value is -2.36. The largest absolute Gasteiger partial charge is 0.443 e. The van der Waals surface area contributed by atoms with Gasteiger partial charge in [0, 0.05) is 29.9 Å². The summed E-state index contributed by atoms with van der Waals surface area (Å²) in [6.07, 6.45) is 1.75. The van der Waals surface area contributed by atoms with Gasteiger partial charge in [0.25, 0.3) is 5.52 Å². The van der Waals surface area contributed by atoms with Gasteiger partial charge >= 0.3 is 0 Å². The predicted octanol–water partition coefficient (Wildman–Crippen LogP) is 3.88. The minimum absolute atomic E-state index is 0.552. The fraction of sp³-hybridized carbons (Fsp3) is 0.400. The van der Waals surface area contributed by atoms with E-state index in [1.54, 1.807) is 0 Å². The van der Waals surface area contributed by atoms with Gasteiger partial charge < -0.3 is 15.1 Å². The number of benzene rings is 2. The van der Waals surface area contributed by atoms with Crippen molar-refractivity contribution in [2.24, 2.45) is 0 Å². The standard InChI is InChI=1S/C20H26N3O/c1-5-13-11-19-18(12-16(13)22-7-3)23(8-4)17-10-9-15(21)14(6-2)20(17)24-19/h9-12,21-22H,5-8H2,1-4H3/q+1. The molecule has 0 fully saturated rings. The molecule has 1 aliphatic carbocycles.